The number of carboxylic acid groups (broad SMARTS) is 1. The van der Waals surface area contributed by atoms with Gasteiger partial charge in [0.15, 0.2) is 0 Å². The maximum absolute atomic E-state index is 11.1. The van der Waals surface area contributed by atoms with Gasteiger partial charge in [-0.25, -0.2) is 0 Å². The predicted molar refractivity (Wildman–Crippen MR) is 65.1 cm³/mol. The van der Waals surface area contributed by atoms with E-state index in [1.54, 1.807) is 18.7 Å². The lowest BCUT2D eigenvalue weighted by Crippen LogP contribution is -2.35. The molecule has 3 rings (SSSR count). The van der Waals surface area contributed by atoms with Gasteiger partial charge in [0.05, 0.1) is 12.2 Å². The lowest BCUT2D eigenvalue weighted by atomic mass is 9.89. The molecule has 0 saturated carbocycles. The molecule has 1 aliphatic heterocycles. The molecule has 94 valence electrons. The van der Waals surface area contributed by atoms with Crippen molar-refractivity contribution in [1.29, 1.82) is 0 Å². The first-order chi connectivity index (χ1) is 8.75. The zero-order valence-corrected chi connectivity index (χ0v) is 9.80. The summed E-state index contributed by atoms with van der Waals surface area (Å²) in [5.41, 5.74) is 1.75. The van der Waals surface area contributed by atoms with Crippen molar-refractivity contribution in [2.24, 2.45) is 5.92 Å². The van der Waals surface area contributed by atoms with Crippen LogP contribution in [0.2, 0.25) is 0 Å². The fraction of sp³-hybridized carbons (Fsp3) is 0.385. The SMILES string of the molecule is O=C(O)C1CCNC(c2cncc3ccoc23)C1. The number of rotatable bonds is 2. The first kappa shape index (κ1) is 11.2. The minimum atomic E-state index is -0.721. The molecule has 5 nitrogen and oxygen atoms in total. The zero-order chi connectivity index (χ0) is 12.5. The minimum absolute atomic E-state index is 0.00204. The maximum atomic E-state index is 11.1. The van der Waals surface area contributed by atoms with Crippen LogP contribution in [0.4, 0.5) is 0 Å². The van der Waals surface area contributed by atoms with Gasteiger partial charge in [-0.3, -0.25) is 9.78 Å². The van der Waals surface area contributed by atoms with Crippen molar-refractivity contribution in [1.82, 2.24) is 10.3 Å². The highest BCUT2D eigenvalue weighted by Crippen LogP contribution is 2.31. The number of nitrogens with one attached hydrogen (secondary N) is 1. The Hall–Kier alpha value is -1.88. The lowest BCUT2D eigenvalue weighted by molar-refractivity contribution is -0.143. The molecule has 18 heavy (non-hydrogen) atoms. The van der Waals surface area contributed by atoms with E-state index in [4.69, 9.17) is 9.52 Å². The van der Waals surface area contributed by atoms with Gasteiger partial charge in [-0.1, -0.05) is 0 Å². The Bertz CT molecular complexity index is 578. The van der Waals surface area contributed by atoms with Crippen LogP contribution in [0.15, 0.2) is 29.1 Å². The van der Waals surface area contributed by atoms with Crippen molar-refractivity contribution in [3.63, 3.8) is 0 Å². The quantitative estimate of drug-likeness (QED) is 0.847. The third kappa shape index (κ3) is 1.86. The Labute approximate surface area is 104 Å². The van der Waals surface area contributed by atoms with Crippen molar-refractivity contribution in [2.45, 2.75) is 18.9 Å². The average Bonchev–Trinajstić information content (AvgIpc) is 2.87. The van der Waals surface area contributed by atoms with Crippen molar-refractivity contribution in [3.05, 3.63) is 30.3 Å². The van der Waals surface area contributed by atoms with Gasteiger partial charge < -0.3 is 14.8 Å². The normalized spacial score (nSPS) is 24.2. The van der Waals surface area contributed by atoms with Crippen LogP contribution in [0.5, 0.6) is 0 Å². The fourth-order valence-corrected chi connectivity index (χ4v) is 2.54. The van der Waals surface area contributed by atoms with Gasteiger partial charge in [-0.2, -0.15) is 0 Å². The Balaban J connectivity index is 1.94. The molecular formula is C13H14N2O3. The Kier molecular flexibility index (Phi) is 2.76. The van der Waals surface area contributed by atoms with Crippen LogP contribution >= 0.6 is 0 Å². The summed E-state index contributed by atoms with van der Waals surface area (Å²) in [7, 11) is 0. The van der Waals surface area contributed by atoms with E-state index in [0.29, 0.717) is 19.4 Å². The second-order valence-electron chi connectivity index (χ2n) is 4.63. The van der Waals surface area contributed by atoms with Gasteiger partial charge in [0.1, 0.15) is 5.58 Å². The Morgan fingerprint density at radius 1 is 1.50 bits per heavy atom. The molecule has 0 bridgehead atoms. The summed E-state index contributed by atoms with van der Waals surface area (Å²) >= 11 is 0. The number of carbonyl (C=O) groups is 1. The number of hydrogen-bond donors (Lipinski definition) is 2. The van der Waals surface area contributed by atoms with Crippen LogP contribution in [0.3, 0.4) is 0 Å². The molecule has 0 amide bonds. The number of fused-ring (bicyclic) bond motifs is 1. The first-order valence-electron chi connectivity index (χ1n) is 6.03. The van der Waals surface area contributed by atoms with Crippen LogP contribution in [0, 0.1) is 5.92 Å². The summed E-state index contributed by atoms with van der Waals surface area (Å²) in [5, 5.41) is 13.4. The molecule has 2 aromatic rings. The molecule has 1 fully saturated rings. The zero-order valence-electron chi connectivity index (χ0n) is 9.80. The van der Waals surface area contributed by atoms with Crippen molar-refractivity contribution >= 4 is 16.9 Å². The van der Waals surface area contributed by atoms with Crippen LogP contribution in [-0.2, 0) is 4.79 Å². The van der Waals surface area contributed by atoms with E-state index >= 15 is 0 Å². The number of pyridine rings is 1. The number of aliphatic carboxylic acids is 1. The standard InChI is InChI=1S/C13H14N2O3/c16-13(17)8-1-3-15-11(5-8)10-7-14-6-9-2-4-18-12(9)10/h2,4,6-8,11,15H,1,3,5H2,(H,16,17). The summed E-state index contributed by atoms with van der Waals surface area (Å²) < 4.78 is 5.47. The molecule has 3 heterocycles. The largest absolute Gasteiger partial charge is 0.481 e. The van der Waals surface area contributed by atoms with E-state index in [-0.39, 0.29) is 12.0 Å². The van der Waals surface area contributed by atoms with Crippen molar-refractivity contribution < 1.29 is 14.3 Å². The number of nitrogens with zero attached hydrogens (tertiary/aromatic N) is 1. The lowest BCUT2D eigenvalue weighted by Gasteiger charge is -2.28. The summed E-state index contributed by atoms with van der Waals surface area (Å²) in [6.07, 6.45) is 6.39. The van der Waals surface area contributed by atoms with Gasteiger partial charge in [0, 0.05) is 29.4 Å². The summed E-state index contributed by atoms with van der Waals surface area (Å²) in [5.74, 6) is -1.01. The van der Waals surface area contributed by atoms with Gasteiger partial charge in [0.2, 0.25) is 0 Å². The highest BCUT2D eigenvalue weighted by Gasteiger charge is 2.29. The van der Waals surface area contributed by atoms with E-state index in [2.05, 4.69) is 10.3 Å². The van der Waals surface area contributed by atoms with Crippen LogP contribution in [0.25, 0.3) is 11.0 Å². The van der Waals surface area contributed by atoms with Crippen LogP contribution < -0.4 is 5.32 Å². The number of furan rings is 1. The van der Waals surface area contributed by atoms with Crippen LogP contribution in [-0.4, -0.2) is 22.6 Å². The average molecular weight is 246 g/mol. The number of aromatic nitrogens is 1. The third-order valence-electron chi connectivity index (χ3n) is 3.51. The molecule has 2 unspecified atom stereocenters. The number of piperidine rings is 1. The summed E-state index contributed by atoms with van der Waals surface area (Å²) in [6, 6.07) is 1.87. The molecule has 0 aliphatic carbocycles. The Morgan fingerprint density at radius 3 is 3.22 bits per heavy atom. The molecule has 5 heteroatoms. The van der Waals surface area contributed by atoms with E-state index in [1.165, 1.54) is 0 Å². The van der Waals surface area contributed by atoms with E-state index in [0.717, 1.165) is 16.5 Å². The third-order valence-corrected chi connectivity index (χ3v) is 3.51. The molecule has 2 N–H and O–H groups in total. The van der Waals surface area contributed by atoms with Gasteiger partial charge in [0.25, 0.3) is 0 Å². The molecule has 1 saturated heterocycles. The molecule has 2 aromatic heterocycles. The topological polar surface area (TPSA) is 75.4 Å². The highest BCUT2D eigenvalue weighted by molar-refractivity contribution is 5.79. The van der Waals surface area contributed by atoms with Crippen molar-refractivity contribution in [3.8, 4) is 0 Å². The van der Waals surface area contributed by atoms with E-state index < -0.39 is 5.97 Å². The van der Waals surface area contributed by atoms with E-state index in [1.807, 2.05) is 6.07 Å². The first-order valence-corrected chi connectivity index (χ1v) is 6.03. The number of carboxylic acids is 1. The van der Waals surface area contributed by atoms with Crippen LogP contribution in [0.1, 0.15) is 24.4 Å². The summed E-state index contributed by atoms with van der Waals surface area (Å²) in [6.45, 7) is 0.707. The molecule has 2 atom stereocenters. The fourth-order valence-electron chi connectivity index (χ4n) is 2.54. The molecular weight excluding hydrogens is 232 g/mol. The minimum Gasteiger partial charge on any atom is -0.481 e. The predicted octanol–water partition coefficient (Wildman–Crippen LogP) is 1.95. The van der Waals surface area contributed by atoms with Crippen molar-refractivity contribution in [2.75, 3.05) is 6.54 Å². The number of hydrogen-bond acceptors (Lipinski definition) is 4. The summed E-state index contributed by atoms with van der Waals surface area (Å²) in [4.78, 5) is 15.3. The molecule has 1 aliphatic rings. The molecule has 0 spiro atoms. The Morgan fingerprint density at radius 2 is 2.39 bits per heavy atom. The monoisotopic (exact) mass is 246 g/mol. The van der Waals surface area contributed by atoms with Gasteiger partial charge >= 0.3 is 5.97 Å². The molecule has 0 aromatic carbocycles. The second-order valence-corrected chi connectivity index (χ2v) is 4.63. The van der Waals surface area contributed by atoms with Gasteiger partial charge in [-0.15, -0.1) is 0 Å². The van der Waals surface area contributed by atoms with E-state index in [9.17, 15) is 4.79 Å². The molecule has 0 radical (unpaired) electrons. The second kappa shape index (κ2) is 4.42. The van der Waals surface area contributed by atoms with Gasteiger partial charge in [-0.05, 0) is 25.5 Å². The smallest absolute Gasteiger partial charge is 0.306 e. The highest BCUT2D eigenvalue weighted by atomic mass is 16.4. The maximum Gasteiger partial charge on any atom is 0.306 e.